The number of benzene rings is 1. The van der Waals surface area contributed by atoms with E-state index < -0.39 is 0 Å². The maximum atomic E-state index is 6.03. The van der Waals surface area contributed by atoms with Crippen molar-refractivity contribution in [3.05, 3.63) is 28.8 Å². The van der Waals surface area contributed by atoms with Gasteiger partial charge in [-0.25, -0.2) is 0 Å². The summed E-state index contributed by atoms with van der Waals surface area (Å²) in [4.78, 5) is 4.24. The van der Waals surface area contributed by atoms with Crippen LogP contribution in [0.1, 0.15) is 25.3 Å². The van der Waals surface area contributed by atoms with Gasteiger partial charge in [0, 0.05) is 43.9 Å². The first kappa shape index (κ1) is 19.8. The molecule has 1 aliphatic heterocycles. The molecule has 1 heterocycles. The normalized spacial score (nSPS) is 17.6. The maximum absolute atomic E-state index is 6.03. The van der Waals surface area contributed by atoms with Gasteiger partial charge in [-0.05, 0) is 31.9 Å². The van der Waals surface area contributed by atoms with Gasteiger partial charge in [-0.2, -0.15) is 0 Å². The average molecular weight is 370 g/mol. The highest BCUT2D eigenvalue weighted by Gasteiger charge is 2.15. The Morgan fingerprint density at radius 2 is 2.28 bits per heavy atom. The number of nitrogens with one attached hydrogen (secondary N) is 2. The van der Waals surface area contributed by atoms with Gasteiger partial charge in [-0.1, -0.05) is 17.7 Å². The lowest BCUT2D eigenvalue weighted by Gasteiger charge is -2.15. The van der Waals surface area contributed by atoms with Crippen LogP contribution in [0.2, 0.25) is 5.02 Å². The standard InChI is InChI=1S/C18H28ClN3O3/c1-3-24-17-11-15(19)6-5-14(17)12-22-18(20-2)21-8-4-9-25-16-7-10-23-13-16/h5-6,11,16H,3-4,7-10,12-13H2,1-2H3,(H2,20,21,22). The molecule has 0 aliphatic carbocycles. The van der Waals surface area contributed by atoms with E-state index in [1.807, 2.05) is 25.1 Å². The Hall–Kier alpha value is -1.50. The predicted molar refractivity (Wildman–Crippen MR) is 101 cm³/mol. The predicted octanol–water partition coefficient (Wildman–Crippen LogP) is 2.60. The second-order valence-corrected chi connectivity index (χ2v) is 6.18. The summed E-state index contributed by atoms with van der Waals surface area (Å²) in [5.41, 5.74) is 1.04. The average Bonchev–Trinajstić information content (AvgIpc) is 3.12. The number of aliphatic imine (C=N–C) groups is 1. The van der Waals surface area contributed by atoms with Crippen molar-refractivity contribution in [3.63, 3.8) is 0 Å². The SMILES string of the molecule is CCOc1cc(Cl)ccc1CNC(=NC)NCCCOC1CCOC1. The number of ether oxygens (including phenoxy) is 3. The Kier molecular flexibility index (Phi) is 8.86. The summed E-state index contributed by atoms with van der Waals surface area (Å²) >= 11 is 6.03. The van der Waals surface area contributed by atoms with Gasteiger partial charge in [0.25, 0.3) is 0 Å². The zero-order chi connectivity index (χ0) is 17.9. The summed E-state index contributed by atoms with van der Waals surface area (Å²) in [7, 11) is 1.76. The summed E-state index contributed by atoms with van der Waals surface area (Å²) in [6.07, 6.45) is 2.18. The fourth-order valence-corrected chi connectivity index (χ4v) is 2.70. The van der Waals surface area contributed by atoms with E-state index in [9.17, 15) is 0 Å². The number of rotatable bonds is 9. The lowest BCUT2D eigenvalue weighted by molar-refractivity contribution is 0.0420. The smallest absolute Gasteiger partial charge is 0.191 e. The summed E-state index contributed by atoms with van der Waals surface area (Å²) in [5, 5.41) is 7.25. The first-order valence-electron chi connectivity index (χ1n) is 8.78. The van der Waals surface area contributed by atoms with Crippen LogP contribution in [-0.2, 0) is 16.0 Å². The van der Waals surface area contributed by atoms with Crippen molar-refractivity contribution in [1.29, 1.82) is 0 Å². The van der Waals surface area contributed by atoms with Crippen LogP contribution in [0.25, 0.3) is 0 Å². The van der Waals surface area contributed by atoms with E-state index in [2.05, 4.69) is 15.6 Å². The van der Waals surface area contributed by atoms with Crippen LogP contribution in [0, 0.1) is 0 Å². The molecule has 0 saturated carbocycles. The molecule has 2 rings (SSSR count). The molecule has 0 radical (unpaired) electrons. The van der Waals surface area contributed by atoms with Crippen molar-refractivity contribution >= 4 is 17.6 Å². The maximum Gasteiger partial charge on any atom is 0.191 e. The van der Waals surface area contributed by atoms with Crippen LogP contribution in [0.15, 0.2) is 23.2 Å². The Morgan fingerprint density at radius 3 is 3.00 bits per heavy atom. The van der Waals surface area contributed by atoms with E-state index in [1.165, 1.54) is 0 Å². The van der Waals surface area contributed by atoms with Crippen LogP contribution in [-0.4, -0.2) is 52.1 Å². The molecule has 1 aromatic rings. The summed E-state index contributed by atoms with van der Waals surface area (Å²) in [5.74, 6) is 1.55. The fraction of sp³-hybridized carbons (Fsp3) is 0.611. The molecule has 1 atom stereocenters. The summed E-state index contributed by atoms with van der Waals surface area (Å²) in [6, 6.07) is 5.66. The molecular formula is C18H28ClN3O3. The minimum Gasteiger partial charge on any atom is -0.493 e. The summed E-state index contributed by atoms with van der Waals surface area (Å²) < 4.78 is 16.7. The Bertz CT molecular complexity index is 548. The molecule has 7 heteroatoms. The molecular weight excluding hydrogens is 342 g/mol. The van der Waals surface area contributed by atoms with Crippen LogP contribution in [0.3, 0.4) is 0 Å². The van der Waals surface area contributed by atoms with E-state index >= 15 is 0 Å². The number of halogens is 1. The Labute approximate surface area is 154 Å². The molecule has 140 valence electrons. The molecule has 6 nitrogen and oxygen atoms in total. The lowest BCUT2D eigenvalue weighted by Crippen LogP contribution is -2.37. The van der Waals surface area contributed by atoms with Gasteiger partial charge in [0.2, 0.25) is 0 Å². The van der Waals surface area contributed by atoms with Crippen LogP contribution < -0.4 is 15.4 Å². The lowest BCUT2D eigenvalue weighted by atomic mass is 10.2. The largest absolute Gasteiger partial charge is 0.493 e. The van der Waals surface area contributed by atoms with E-state index in [1.54, 1.807) is 7.05 Å². The van der Waals surface area contributed by atoms with Gasteiger partial charge >= 0.3 is 0 Å². The molecule has 1 fully saturated rings. The van der Waals surface area contributed by atoms with E-state index in [4.69, 9.17) is 25.8 Å². The minimum atomic E-state index is 0.263. The quantitative estimate of drug-likeness (QED) is 0.398. The first-order valence-corrected chi connectivity index (χ1v) is 9.15. The molecule has 1 unspecified atom stereocenters. The minimum absolute atomic E-state index is 0.263. The van der Waals surface area contributed by atoms with Gasteiger partial charge in [-0.15, -0.1) is 0 Å². The van der Waals surface area contributed by atoms with Crippen molar-refractivity contribution in [3.8, 4) is 5.75 Å². The van der Waals surface area contributed by atoms with Crippen molar-refractivity contribution in [2.75, 3.05) is 40.0 Å². The van der Waals surface area contributed by atoms with E-state index in [0.717, 1.165) is 56.5 Å². The van der Waals surface area contributed by atoms with Crippen molar-refractivity contribution in [2.45, 2.75) is 32.4 Å². The molecule has 1 aliphatic rings. The van der Waals surface area contributed by atoms with Crippen LogP contribution in [0.4, 0.5) is 0 Å². The molecule has 0 amide bonds. The number of hydrogen-bond acceptors (Lipinski definition) is 4. The zero-order valence-electron chi connectivity index (χ0n) is 15.0. The van der Waals surface area contributed by atoms with Gasteiger partial charge in [-0.3, -0.25) is 4.99 Å². The van der Waals surface area contributed by atoms with Crippen molar-refractivity contribution in [2.24, 2.45) is 4.99 Å². The third-order valence-corrected chi connectivity index (χ3v) is 4.09. The molecule has 25 heavy (non-hydrogen) atoms. The Morgan fingerprint density at radius 1 is 1.40 bits per heavy atom. The monoisotopic (exact) mass is 369 g/mol. The fourth-order valence-electron chi connectivity index (χ4n) is 2.54. The summed E-state index contributed by atoms with van der Waals surface area (Å²) in [6.45, 7) is 6.23. The first-order chi connectivity index (χ1) is 12.2. The van der Waals surface area contributed by atoms with Gasteiger partial charge in [0.1, 0.15) is 5.75 Å². The van der Waals surface area contributed by atoms with Crippen molar-refractivity contribution < 1.29 is 14.2 Å². The zero-order valence-corrected chi connectivity index (χ0v) is 15.8. The second kappa shape index (κ2) is 11.2. The van der Waals surface area contributed by atoms with Crippen LogP contribution >= 0.6 is 11.6 Å². The van der Waals surface area contributed by atoms with Gasteiger partial charge in [0.15, 0.2) is 5.96 Å². The molecule has 2 N–H and O–H groups in total. The third kappa shape index (κ3) is 7.10. The van der Waals surface area contributed by atoms with E-state index in [0.29, 0.717) is 18.2 Å². The molecule has 1 aromatic carbocycles. The van der Waals surface area contributed by atoms with Crippen molar-refractivity contribution in [1.82, 2.24) is 10.6 Å². The van der Waals surface area contributed by atoms with Gasteiger partial charge < -0.3 is 24.8 Å². The number of guanidine groups is 1. The highest BCUT2D eigenvalue weighted by atomic mass is 35.5. The number of nitrogens with zero attached hydrogens (tertiary/aromatic N) is 1. The van der Waals surface area contributed by atoms with Gasteiger partial charge in [0.05, 0.1) is 19.3 Å². The highest BCUT2D eigenvalue weighted by molar-refractivity contribution is 6.30. The highest BCUT2D eigenvalue weighted by Crippen LogP contribution is 2.23. The third-order valence-electron chi connectivity index (χ3n) is 3.85. The molecule has 0 bridgehead atoms. The second-order valence-electron chi connectivity index (χ2n) is 5.75. The van der Waals surface area contributed by atoms with E-state index in [-0.39, 0.29) is 6.10 Å². The number of hydrogen-bond donors (Lipinski definition) is 2. The van der Waals surface area contributed by atoms with Crippen LogP contribution in [0.5, 0.6) is 5.75 Å². The molecule has 0 spiro atoms. The topological polar surface area (TPSA) is 64.1 Å². The molecule has 0 aromatic heterocycles. The molecule has 1 saturated heterocycles. The Balaban J connectivity index is 1.69.